The van der Waals surface area contributed by atoms with Crippen molar-refractivity contribution in [1.29, 1.82) is 0 Å². The predicted octanol–water partition coefficient (Wildman–Crippen LogP) is 4.77. The highest BCUT2D eigenvalue weighted by Crippen LogP contribution is 2.09. The van der Waals surface area contributed by atoms with E-state index >= 15 is 0 Å². The summed E-state index contributed by atoms with van der Waals surface area (Å²) in [5.74, 6) is -0.109. The SMILES string of the molecule is CCC(=O)OCCCC[n+]1ccccc1.c1ccc([B-](c2ccccc2)(c2ccccc2)c2ccccc2)cc1. The lowest BCUT2D eigenvalue weighted by atomic mass is 9.13. The molecule has 1 aromatic heterocycles. The van der Waals surface area contributed by atoms with Crippen molar-refractivity contribution >= 4 is 34.0 Å². The van der Waals surface area contributed by atoms with Gasteiger partial charge in [0, 0.05) is 25.0 Å². The fourth-order valence-corrected chi connectivity index (χ4v) is 5.39. The molecule has 5 aromatic rings. The van der Waals surface area contributed by atoms with Gasteiger partial charge in [-0.1, -0.05) is 134 Å². The van der Waals surface area contributed by atoms with E-state index in [0.29, 0.717) is 13.0 Å². The van der Waals surface area contributed by atoms with Crippen molar-refractivity contribution < 1.29 is 14.1 Å². The van der Waals surface area contributed by atoms with E-state index in [0.717, 1.165) is 19.4 Å². The van der Waals surface area contributed by atoms with Crippen LogP contribution in [0.2, 0.25) is 0 Å². The number of nitrogens with zero attached hydrogens (tertiary/aromatic N) is 1. The quantitative estimate of drug-likeness (QED) is 0.113. The standard InChI is InChI=1S/C24H20B.C12H18NO2/c1-5-13-21(14-6-1)25(22-15-7-2-8-16-22,23-17-9-3-10-18-23)24-19-11-4-12-20-24;1-2-12(14)15-11-7-6-10-13-8-4-3-5-9-13/h1-20H;3-5,8-9H,2,6-7,10-11H2,1H3/q-1;+1. The summed E-state index contributed by atoms with van der Waals surface area (Å²) >= 11 is 0. The van der Waals surface area contributed by atoms with Crippen molar-refractivity contribution in [2.24, 2.45) is 0 Å². The van der Waals surface area contributed by atoms with Gasteiger partial charge in [-0.25, -0.2) is 4.57 Å². The molecule has 0 saturated carbocycles. The van der Waals surface area contributed by atoms with Gasteiger partial charge >= 0.3 is 5.97 Å². The van der Waals surface area contributed by atoms with Gasteiger partial charge < -0.3 is 4.74 Å². The van der Waals surface area contributed by atoms with Gasteiger partial charge in [-0.05, 0) is 6.42 Å². The number of unbranched alkanes of at least 4 members (excludes halogenated alkanes) is 1. The van der Waals surface area contributed by atoms with E-state index in [1.165, 1.54) is 21.9 Å². The molecule has 0 aliphatic carbocycles. The van der Waals surface area contributed by atoms with Crippen LogP contribution in [0.15, 0.2) is 152 Å². The number of carbonyl (C=O) groups is 1. The van der Waals surface area contributed by atoms with Gasteiger partial charge in [0.15, 0.2) is 12.4 Å². The van der Waals surface area contributed by atoms with Crippen LogP contribution in [0.4, 0.5) is 0 Å². The maximum atomic E-state index is 10.8. The van der Waals surface area contributed by atoms with Crippen molar-refractivity contribution in [3.63, 3.8) is 0 Å². The number of carbonyl (C=O) groups excluding carboxylic acids is 1. The van der Waals surface area contributed by atoms with Gasteiger partial charge in [0.2, 0.25) is 0 Å². The number of aryl methyl sites for hydroxylation is 1. The molecule has 0 aliphatic heterocycles. The third-order valence-electron chi connectivity index (χ3n) is 7.34. The van der Waals surface area contributed by atoms with Crippen molar-refractivity contribution in [3.8, 4) is 0 Å². The first-order valence-corrected chi connectivity index (χ1v) is 14.2. The maximum absolute atomic E-state index is 10.8. The minimum absolute atomic E-state index is 0.109. The first-order valence-electron chi connectivity index (χ1n) is 14.2. The molecule has 0 amide bonds. The van der Waals surface area contributed by atoms with Crippen LogP contribution in [0.5, 0.6) is 0 Å². The Bertz CT molecular complexity index is 1230. The summed E-state index contributed by atoms with van der Waals surface area (Å²) in [6.07, 6.45) is 5.29. The van der Waals surface area contributed by atoms with Gasteiger partial charge in [0.25, 0.3) is 0 Å². The Kier molecular flexibility index (Phi) is 10.9. The molecule has 202 valence electrons. The molecule has 0 aliphatic rings. The second-order valence-electron chi connectivity index (χ2n) is 9.90. The summed E-state index contributed by atoms with van der Waals surface area (Å²) in [5, 5.41) is 0. The molecule has 0 unspecified atom stereocenters. The van der Waals surface area contributed by atoms with E-state index in [-0.39, 0.29) is 5.97 Å². The van der Waals surface area contributed by atoms with E-state index in [1.807, 2.05) is 37.5 Å². The maximum Gasteiger partial charge on any atom is 0.305 e. The summed E-state index contributed by atoms with van der Waals surface area (Å²) in [6, 6.07) is 49.5. The molecule has 0 N–H and O–H groups in total. The van der Waals surface area contributed by atoms with Crippen LogP contribution in [0.25, 0.3) is 0 Å². The van der Waals surface area contributed by atoms with E-state index in [4.69, 9.17) is 4.74 Å². The lowest BCUT2D eigenvalue weighted by Crippen LogP contribution is -2.74. The topological polar surface area (TPSA) is 30.2 Å². The van der Waals surface area contributed by atoms with Crippen LogP contribution in [0.1, 0.15) is 26.2 Å². The molecule has 0 fully saturated rings. The van der Waals surface area contributed by atoms with Crippen LogP contribution in [0.3, 0.4) is 0 Å². The van der Waals surface area contributed by atoms with Crippen molar-refractivity contribution in [2.75, 3.05) is 6.61 Å². The Balaban J connectivity index is 0.000000212. The van der Waals surface area contributed by atoms with Crippen LogP contribution in [-0.2, 0) is 16.1 Å². The Labute approximate surface area is 239 Å². The first kappa shape index (κ1) is 28.6. The van der Waals surface area contributed by atoms with Gasteiger partial charge in [-0.2, -0.15) is 21.9 Å². The predicted molar refractivity (Wildman–Crippen MR) is 167 cm³/mol. The zero-order valence-corrected chi connectivity index (χ0v) is 23.3. The number of ether oxygens (including phenoxy) is 1. The van der Waals surface area contributed by atoms with Crippen molar-refractivity contribution in [1.82, 2.24) is 0 Å². The summed E-state index contributed by atoms with van der Waals surface area (Å²) in [6.45, 7) is 3.33. The third-order valence-corrected chi connectivity index (χ3v) is 7.34. The molecule has 0 saturated heterocycles. The highest BCUT2D eigenvalue weighted by Gasteiger charge is 2.31. The van der Waals surface area contributed by atoms with Gasteiger partial charge in [-0.15, -0.1) is 0 Å². The lowest BCUT2D eigenvalue weighted by molar-refractivity contribution is -0.697. The van der Waals surface area contributed by atoms with Crippen LogP contribution in [-0.4, -0.2) is 18.7 Å². The molecule has 4 heteroatoms. The Morgan fingerprint density at radius 3 is 1.32 bits per heavy atom. The number of hydrogen-bond acceptors (Lipinski definition) is 2. The van der Waals surface area contributed by atoms with Crippen LogP contribution >= 0.6 is 0 Å². The van der Waals surface area contributed by atoms with Gasteiger partial charge in [-0.3, -0.25) is 4.79 Å². The van der Waals surface area contributed by atoms with Crippen molar-refractivity contribution in [2.45, 2.75) is 32.7 Å². The number of pyridine rings is 1. The zero-order chi connectivity index (χ0) is 27.9. The molecule has 0 bridgehead atoms. The molecule has 3 nitrogen and oxygen atoms in total. The number of hydrogen-bond donors (Lipinski definition) is 0. The Morgan fingerprint density at radius 1 is 0.575 bits per heavy atom. The summed E-state index contributed by atoms with van der Waals surface area (Å²) in [5.41, 5.74) is 5.36. The third kappa shape index (κ3) is 7.36. The number of esters is 1. The Morgan fingerprint density at radius 2 is 0.950 bits per heavy atom. The van der Waals surface area contributed by atoms with Crippen LogP contribution < -0.4 is 26.4 Å². The van der Waals surface area contributed by atoms with E-state index in [1.54, 1.807) is 0 Å². The molecule has 0 radical (unpaired) electrons. The van der Waals surface area contributed by atoms with Gasteiger partial charge in [0.05, 0.1) is 6.61 Å². The largest absolute Gasteiger partial charge is 0.466 e. The van der Waals surface area contributed by atoms with E-state index < -0.39 is 6.15 Å². The highest BCUT2D eigenvalue weighted by molar-refractivity contribution is 7.19. The minimum Gasteiger partial charge on any atom is -0.466 e. The summed E-state index contributed by atoms with van der Waals surface area (Å²) in [4.78, 5) is 10.8. The molecule has 1 heterocycles. The molecule has 0 spiro atoms. The second kappa shape index (κ2) is 15.2. The normalized spacial score (nSPS) is 10.7. The average molecular weight is 528 g/mol. The first-order chi connectivity index (χ1) is 19.7. The zero-order valence-electron chi connectivity index (χ0n) is 23.3. The average Bonchev–Trinajstić information content (AvgIpc) is 3.04. The molecule has 0 atom stereocenters. The van der Waals surface area contributed by atoms with E-state index in [9.17, 15) is 4.79 Å². The number of aromatic nitrogens is 1. The molecular weight excluding hydrogens is 489 g/mol. The smallest absolute Gasteiger partial charge is 0.305 e. The fourth-order valence-electron chi connectivity index (χ4n) is 5.39. The summed E-state index contributed by atoms with van der Waals surface area (Å²) in [7, 11) is 0. The highest BCUT2D eigenvalue weighted by atomic mass is 16.5. The molecule has 40 heavy (non-hydrogen) atoms. The summed E-state index contributed by atoms with van der Waals surface area (Å²) < 4.78 is 7.11. The van der Waals surface area contributed by atoms with E-state index in [2.05, 4.69) is 126 Å². The molecule has 5 rings (SSSR count). The second-order valence-corrected chi connectivity index (χ2v) is 9.90. The van der Waals surface area contributed by atoms with Gasteiger partial charge in [0.1, 0.15) is 12.7 Å². The monoisotopic (exact) mass is 527 g/mol. The number of benzene rings is 4. The fraction of sp³-hybridized carbons (Fsp3) is 0.167. The molecular formula is C36H38BNO2. The Hall–Kier alpha value is -4.44. The number of rotatable bonds is 10. The van der Waals surface area contributed by atoms with Crippen molar-refractivity contribution in [3.05, 3.63) is 152 Å². The minimum atomic E-state index is -1.22. The molecule has 4 aromatic carbocycles. The van der Waals surface area contributed by atoms with Crippen LogP contribution in [0, 0.1) is 0 Å². The lowest BCUT2D eigenvalue weighted by Gasteiger charge is -2.44.